The number of aryl methyl sites for hydroxylation is 2. The molecule has 1 heterocycles. The second-order valence-corrected chi connectivity index (χ2v) is 6.55. The highest BCUT2D eigenvalue weighted by Crippen LogP contribution is 2.27. The van der Waals surface area contributed by atoms with E-state index in [4.69, 9.17) is 9.72 Å². The predicted molar refractivity (Wildman–Crippen MR) is 107 cm³/mol. The lowest BCUT2D eigenvalue weighted by Gasteiger charge is -2.12. The second kappa shape index (κ2) is 7.04. The molecule has 4 rings (SSSR count). The van der Waals surface area contributed by atoms with E-state index in [1.807, 2.05) is 18.2 Å². The Hall–Kier alpha value is -3.07. The highest BCUT2D eigenvalue weighted by molar-refractivity contribution is 5.81. The van der Waals surface area contributed by atoms with Gasteiger partial charge in [-0.15, -0.1) is 0 Å². The van der Waals surface area contributed by atoms with E-state index in [1.54, 1.807) is 0 Å². The highest BCUT2D eigenvalue weighted by Gasteiger charge is 2.13. The van der Waals surface area contributed by atoms with Crippen molar-refractivity contribution < 1.29 is 4.74 Å². The third-order valence-corrected chi connectivity index (χ3v) is 4.65. The van der Waals surface area contributed by atoms with Crippen molar-refractivity contribution in [3.8, 4) is 17.1 Å². The Morgan fingerprint density at radius 1 is 0.846 bits per heavy atom. The Bertz CT molecular complexity index is 1030. The van der Waals surface area contributed by atoms with E-state index in [-0.39, 0.29) is 0 Å². The van der Waals surface area contributed by atoms with E-state index in [0.717, 1.165) is 29.2 Å². The van der Waals surface area contributed by atoms with Gasteiger partial charge in [-0.25, -0.2) is 4.98 Å². The molecule has 0 radical (unpaired) electrons. The summed E-state index contributed by atoms with van der Waals surface area (Å²) < 4.78 is 8.21. The van der Waals surface area contributed by atoms with Crippen molar-refractivity contribution in [3.05, 3.63) is 83.9 Å². The molecule has 130 valence electrons. The van der Waals surface area contributed by atoms with Crippen LogP contribution in [0.25, 0.3) is 22.4 Å². The third-order valence-electron chi connectivity index (χ3n) is 4.65. The highest BCUT2D eigenvalue weighted by atomic mass is 16.5. The van der Waals surface area contributed by atoms with Crippen molar-refractivity contribution in [1.29, 1.82) is 0 Å². The molecule has 0 aliphatic carbocycles. The number of imidazole rings is 1. The summed E-state index contributed by atoms with van der Waals surface area (Å²) in [4.78, 5) is 4.89. The molecule has 0 bridgehead atoms. The Kier molecular flexibility index (Phi) is 4.44. The number of rotatable bonds is 5. The summed E-state index contributed by atoms with van der Waals surface area (Å²) >= 11 is 0. The van der Waals surface area contributed by atoms with E-state index in [9.17, 15) is 0 Å². The smallest absolute Gasteiger partial charge is 0.141 e. The van der Waals surface area contributed by atoms with E-state index in [0.29, 0.717) is 6.61 Å². The minimum absolute atomic E-state index is 0.600. The molecule has 3 aromatic carbocycles. The minimum atomic E-state index is 0.600. The number of ether oxygens (including phenoxy) is 1. The molecule has 0 atom stereocenters. The van der Waals surface area contributed by atoms with Crippen molar-refractivity contribution in [1.82, 2.24) is 9.55 Å². The first-order valence-corrected chi connectivity index (χ1v) is 8.93. The third kappa shape index (κ3) is 3.21. The minimum Gasteiger partial charge on any atom is -0.492 e. The van der Waals surface area contributed by atoms with Gasteiger partial charge in [0.2, 0.25) is 0 Å². The molecule has 4 aromatic rings. The monoisotopic (exact) mass is 342 g/mol. The summed E-state index contributed by atoms with van der Waals surface area (Å²) in [6, 6.07) is 24.8. The molecule has 0 aliphatic rings. The van der Waals surface area contributed by atoms with Gasteiger partial charge in [-0.3, -0.25) is 0 Å². The van der Waals surface area contributed by atoms with Crippen LogP contribution in [0.4, 0.5) is 0 Å². The lowest BCUT2D eigenvalue weighted by molar-refractivity contribution is 0.301. The molecular formula is C23H22N2O. The number of benzene rings is 3. The molecule has 26 heavy (non-hydrogen) atoms. The zero-order chi connectivity index (χ0) is 17.9. The summed E-state index contributed by atoms with van der Waals surface area (Å²) in [7, 11) is 0. The van der Waals surface area contributed by atoms with Crippen molar-refractivity contribution in [2.75, 3.05) is 6.61 Å². The first-order chi connectivity index (χ1) is 12.7. The fourth-order valence-corrected chi connectivity index (χ4v) is 3.22. The number of hydrogen-bond acceptors (Lipinski definition) is 2. The topological polar surface area (TPSA) is 27.1 Å². The normalized spacial score (nSPS) is 11.0. The van der Waals surface area contributed by atoms with Crippen LogP contribution in [0.1, 0.15) is 11.1 Å². The van der Waals surface area contributed by atoms with Crippen molar-refractivity contribution in [3.63, 3.8) is 0 Å². The lowest BCUT2D eigenvalue weighted by atomic mass is 10.1. The zero-order valence-electron chi connectivity index (χ0n) is 15.1. The first-order valence-electron chi connectivity index (χ1n) is 8.93. The molecule has 0 N–H and O–H groups in total. The van der Waals surface area contributed by atoms with E-state index < -0.39 is 0 Å². The van der Waals surface area contributed by atoms with Crippen LogP contribution in [0.3, 0.4) is 0 Å². The van der Waals surface area contributed by atoms with E-state index >= 15 is 0 Å². The lowest BCUT2D eigenvalue weighted by Crippen LogP contribution is -2.09. The molecular weight excluding hydrogens is 320 g/mol. The van der Waals surface area contributed by atoms with E-state index in [2.05, 4.69) is 73.0 Å². The van der Waals surface area contributed by atoms with Gasteiger partial charge in [-0.05, 0) is 43.7 Å². The second-order valence-electron chi connectivity index (χ2n) is 6.55. The summed E-state index contributed by atoms with van der Waals surface area (Å²) in [6.07, 6.45) is 0. The maximum atomic E-state index is 5.96. The van der Waals surface area contributed by atoms with Crippen LogP contribution in [0, 0.1) is 13.8 Å². The Labute approximate surface area is 153 Å². The fraction of sp³-hybridized carbons (Fsp3) is 0.174. The maximum Gasteiger partial charge on any atom is 0.141 e. The molecule has 0 fully saturated rings. The molecule has 0 spiro atoms. The molecule has 0 unspecified atom stereocenters. The molecule has 0 amide bonds. The number of para-hydroxylation sites is 2. The number of nitrogens with zero attached hydrogens (tertiary/aromatic N) is 2. The van der Waals surface area contributed by atoms with Gasteiger partial charge in [0, 0.05) is 5.56 Å². The Morgan fingerprint density at radius 2 is 1.58 bits per heavy atom. The molecule has 1 aromatic heterocycles. The van der Waals surface area contributed by atoms with Crippen molar-refractivity contribution in [2.24, 2.45) is 0 Å². The van der Waals surface area contributed by atoms with Crippen LogP contribution in [0.2, 0.25) is 0 Å². The van der Waals surface area contributed by atoms with Crippen LogP contribution < -0.4 is 4.74 Å². The summed E-state index contributed by atoms with van der Waals surface area (Å²) in [5.74, 6) is 1.90. The Morgan fingerprint density at radius 3 is 2.38 bits per heavy atom. The van der Waals surface area contributed by atoms with Crippen LogP contribution >= 0.6 is 0 Å². The quantitative estimate of drug-likeness (QED) is 0.485. The molecule has 0 saturated carbocycles. The van der Waals surface area contributed by atoms with E-state index in [1.165, 1.54) is 16.7 Å². The van der Waals surface area contributed by atoms with Gasteiger partial charge in [0.15, 0.2) is 0 Å². The number of aromatic nitrogens is 2. The molecule has 3 nitrogen and oxygen atoms in total. The fourth-order valence-electron chi connectivity index (χ4n) is 3.22. The largest absolute Gasteiger partial charge is 0.492 e. The molecule has 3 heteroatoms. The molecule has 0 aliphatic heterocycles. The summed E-state index contributed by atoms with van der Waals surface area (Å²) in [6.45, 7) is 5.55. The average Bonchev–Trinajstić information content (AvgIpc) is 3.02. The SMILES string of the molecule is Cc1ccc(OCCn2c(-c3ccccc3C)nc3ccccc32)cc1. The van der Waals surface area contributed by atoms with Crippen LogP contribution in [0.5, 0.6) is 5.75 Å². The maximum absolute atomic E-state index is 5.96. The van der Waals surface area contributed by atoms with Crippen molar-refractivity contribution in [2.45, 2.75) is 20.4 Å². The zero-order valence-corrected chi connectivity index (χ0v) is 15.1. The Balaban J connectivity index is 1.65. The predicted octanol–water partition coefficient (Wildman–Crippen LogP) is 5.40. The average molecular weight is 342 g/mol. The van der Waals surface area contributed by atoms with Gasteiger partial charge >= 0.3 is 0 Å². The van der Waals surface area contributed by atoms with Gasteiger partial charge in [0.25, 0.3) is 0 Å². The first kappa shape index (κ1) is 16.4. The van der Waals surface area contributed by atoms with Gasteiger partial charge in [-0.2, -0.15) is 0 Å². The summed E-state index contributed by atoms with van der Waals surface area (Å²) in [5, 5.41) is 0. The van der Waals surface area contributed by atoms with Gasteiger partial charge in [0.1, 0.15) is 18.2 Å². The van der Waals surface area contributed by atoms with Crippen LogP contribution in [-0.2, 0) is 6.54 Å². The van der Waals surface area contributed by atoms with Gasteiger partial charge in [0.05, 0.1) is 17.6 Å². The standard InChI is InChI=1S/C23H22N2O/c1-17-11-13-19(14-12-17)26-16-15-25-22-10-6-5-9-21(22)24-23(25)20-8-4-3-7-18(20)2/h3-14H,15-16H2,1-2H3. The van der Waals surface area contributed by atoms with Crippen molar-refractivity contribution >= 4 is 11.0 Å². The number of hydrogen-bond donors (Lipinski definition) is 0. The van der Waals surface area contributed by atoms with Gasteiger partial charge in [-0.1, -0.05) is 54.1 Å². The number of fused-ring (bicyclic) bond motifs is 1. The molecule has 0 saturated heterocycles. The van der Waals surface area contributed by atoms with Crippen LogP contribution in [-0.4, -0.2) is 16.2 Å². The summed E-state index contributed by atoms with van der Waals surface area (Å²) in [5.41, 5.74) is 5.78. The van der Waals surface area contributed by atoms with Gasteiger partial charge < -0.3 is 9.30 Å². The van der Waals surface area contributed by atoms with Crippen LogP contribution in [0.15, 0.2) is 72.8 Å².